The van der Waals surface area contributed by atoms with Crippen molar-refractivity contribution in [2.75, 3.05) is 26.2 Å². The molecule has 0 unspecified atom stereocenters. The predicted molar refractivity (Wildman–Crippen MR) is 101 cm³/mol. The highest BCUT2D eigenvalue weighted by Gasteiger charge is 2.31. The van der Waals surface area contributed by atoms with Crippen LogP contribution in [0.1, 0.15) is 75.4 Å². The molecule has 0 N–H and O–H groups in total. The first-order valence-corrected chi connectivity index (χ1v) is 10.6. The summed E-state index contributed by atoms with van der Waals surface area (Å²) in [5.74, 6) is 3.35. The lowest BCUT2D eigenvalue weighted by Crippen LogP contribution is -2.42. The van der Waals surface area contributed by atoms with Gasteiger partial charge in [-0.1, -0.05) is 19.3 Å². The SMILES string of the molecule is Cn1c(CN2CCCC2)nnc1C1CCN(C(=O)C2CCCCC2)CC1. The highest BCUT2D eigenvalue weighted by atomic mass is 16.2. The second-order valence-corrected chi connectivity index (χ2v) is 8.45. The molecule has 4 rings (SSSR count). The van der Waals surface area contributed by atoms with E-state index in [0.29, 0.717) is 17.7 Å². The van der Waals surface area contributed by atoms with Crippen LogP contribution in [0.5, 0.6) is 0 Å². The number of aromatic nitrogens is 3. The number of nitrogens with zero attached hydrogens (tertiary/aromatic N) is 5. The molecule has 6 heteroatoms. The van der Waals surface area contributed by atoms with Gasteiger partial charge in [0, 0.05) is 32.0 Å². The second-order valence-electron chi connectivity index (χ2n) is 8.45. The maximum atomic E-state index is 12.7. The zero-order chi connectivity index (χ0) is 17.9. The van der Waals surface area contributed by atoms with Crippen LogP contribution in [0.2, 0.25) is 0 Å². The normalized spacial score (nSPS) is 23.7. The molecule has 2 aliphatic heterocycles. The number of piperidine rings is 1. The standard InChI is InChI=1S/C20H33N5O/c1-23-18(15-24-11-5-6-12-24)21-22-19(23)16-9-13-25(14-10-16)20(26)17-7-3-2-4-8-17/h16-17H,2-15H2,1H3. The zero-order valence-electron chi connectivity index (χ0n) is 16.2. The molecule has 144 valence electrons. The maximum Gasteiger partial charge on any atom is 0.225 e. The fraction of sp³-hybridized carbons (Fsp3) is 0.850. The van der Waals surface area contributed by atoms with Crippen LogP contribution in [0.15, 0.2) is 0 Å². The molecule has 3 aliphatic rings. The van der Waals surface area contributed by atoms with Gasteiger partial charge < -0.3 is 9.47 Å². The molecule has 1 aromatic rings. The van der Waals surface area contributed by atoms with E-state index in [9.17, 15) is 4.79 Å². The summed E-state index contributed by atoms with van der Waals surface area (Å²) in [6.45, 7) is 5.05. The fourth-order valence-electron chi connectivity index (χ4n) is 4.98. The molecule has 0 spiro atoms. The molecule has 1 aromatic heterocycles. The van der Waals surface area contributed by atoms with Crippen LogP contribution in [0, 0.1) is 5.92 Å². The van der Waals surface area contributed by atoms with Crippen LogP contribution >= 0.6 is 0 Å². The van der Waals surface area contributed by atoms with Crippen molar-refractivity contribution < 1.29 is 4.79 Å². The highest BCUT2D eigenvalue weighted by molar-refractivity contribution is 5.79. The van der Waals surface area contributed by atoms with Crippen LogP contribution < -0.4 is 0 Å². The molecular formula is C20H33N5O. The van der Waals surface area contributed by atoms with Crippen molar-refractivity contribution in [3.05, 3.63) is 11.6 Å². The van der Waals surface area contributed by atoms with Gasteiger partial charge in [0.05, 0.1) is 6.54 Å². The average Bonchev–Trinajstić information content (AvgIpc) is 3.33. The monoisotopic (exact) mass is 359 g/mol. The second kappa shape index (κ2) is 8.07. The zero-order valence-corrected chi connectivity index (χ0v) is 16.2. The Morgan fingerprint density at radius 2 is 1.62 bits per heavy atom. The van der Waals surface area contributed by atoms with E-state index in [1.165, 1.54) is 45.2 Å². The van der Waals surface area contributed by atoms with Gasteiger partial charge in [0.25, 0.3) is 0 Å². The molecule has 3 fully saturated rings. The van der Waals surface area contributed by atoms with Crippen molar-refractivity contribution in [1.29, 1.82) is 0 Å². The van der Waals surface area contributed by atoms with Crippen molar-refractivity contribution >= 4 is 5.91 Å². The number of amides is 1. The smallest absolute Gasteiger partial charge is 0.225 e. The van der Waals surface area contributed by atoms with Crippen LogP contribution in [0.25, 0.3) is 0 Å². The molecule has 1 amide bonds. The van der Waals surface area contributed by atoms with Gasteiger partial charge in [0.15, 0.2) is 0 Å². The van der Waals surface area contributed by atoms with E-state index < -0.39 is 0 Å². The molecule has 0 radical (unpaired) electrons. The highest BCUT2D eigenvalue weighted by Crippen LogP contribution is 2.30. The third kappa shape index (κ3) is 3.80. The number of rotatable bonds is 4. The van der Waals surface area contributed by atoms with E-state index >= 15 is 0 Å². The minimum absolute atomic E-state index is 0.294. The molecule has 1 aliphatic carbocycles. The number of hydrogen-bond donors (Lipinski definition) is 0. The number of carbonyl (C=O) groups is 1. The Morgan fingerprint density at radius 1 is 0.923 bits per heavy atom. The lowest BCUT2D eigenvalue weighted by atomic mass is 9.87. The first-order valence-electron chi connectivity index (χ1n) is 10.6. The van der Waals surface area contributed by atoms with E-state index in [4.69, 9.17) is 0 Å². The average molecular weight is 360 g/mol. The lowest BCUT2D eigenvalue weighted by Gasteiger charge is -2.34. The van der Waals surface area contributed by atoms with Gasteiger partial charge >= 0.3 is 0 Å². The van der Waals surface area contributed by atoms with Crippen molar-refractivity contribution in [2.24, 2.45) is 13.0 Å². The molecule has 2 saturated heterocycles. The van der Waals surface area contributed by atoms with E-state index in [2.05, 4.69) is 31.6 Å². The van der Waals surface area contributed by atoms with Crippen molar-refractivity contribution in [3.63, 3.8) is 0 Å². The molecule has 3 heterocycles. The molecule has 6 nitrogen and oxygen atoms in total. The summed E-state index contributed by atoms with van der Waals surface area (Å²) < 4.78 is 2.21. The maximum absolute atomic E-state index is 12.7. The summed E-state index contributed by atoms with van der Waals surface area (Å²) in [4.78, 5) is 17.3. The van der Waals surface area contributed by atoms with Gasteiger partial charge in [-0.25, -0.2) is 0 Å². The van der Waals surface area contributed by atoms with Gasteiger partial charge in [0.2, 0.25) is 5.91 Å². The van der Waals surface area contributed by atoms with Crippen LogP contribution in [0.4, 0.5) is 0 Å². The van der Waals surface area contributed by atoms with Crippen LogP contribution in [-0.4, -0.2) is 56.7 Å². The van der Waals surface area contributed by atoms with Crippen LogP contribution in [-0.2, 0) is 18.4 Å². The third-order valence-corrected chi connectivity index (χ3v) is 6.69. The lowest BCUT2D eigenvalue weighted by molar-refractivity contribution is -0.137. The molecular weight excluding hydrogens is 326 g/mol. The summed E-state index contributed by atoms with van der Waals surface area (Å²) in [6.07, 6.45) is 10.6. The Balaban J connectivity index is 1.33. The number of likely N-dealkylation sites (tertiary alicyclic amines) is 2. The third-order valence-electron chi connectivity index (χ3n) is 6.69. The fourth-order valence-corrected chi connectivity index (χ4v) is 4.98. The Kier molecular flexibility index (Phi) is 5.57. The van der Waals surface area contributed by atoms with Gasteiger partial charge in [0.1, 0.15) is 11.6 Å². The van der Waals surface area contributed by atoms with E-state index in [1.807, 2.05) is 0 Å². The summed E-state index contributed by atoms with van der Waals surface area (Å²) in [6, 6.07) is 0. The Labute approximate surface area is 156 Å². The van der Waals surface area contributed by atoms with Gasteiger partial charge in [-0.2, -0.15) is 0 Å². The molecule has 0 atom stereocenters. The Bertz CT molecular complexity index is 608. The van der Waals surface area contributed by atoms with Crippen LogP contribution in [0.3, 0.4) is 0 Å². The summed E-state index contributed by atoms with van der Waals surface area (Å²) in [5, 5.41) is 9.00. The first-order chi connectivity index (χ1) is 12.7. The Morgan fingerprint density at radius 3 is 2.31 bits per heavy atom. The summed E-state index contributed by atoms with van der Waals surface area (Å²) in [5.41, 5.74) is 0. The molecule has 0 aromatic carbocycles. The van der Waals surface area contributed by atoms with Gasteiger partial charge in [-0.3, -0.25) is 9.69 Å². The quantitative estimate of drug-likeness (QED) is 0.829. The van der Waals surface area contributed by atoms with E-state index in [0.717, 1.165) is 57.0 Å². The van der Waals surface area contributed by atoms with E-state index in [-0.39, 0.29) is 0 Å². The minimum Gasteiger partial charge on any atom is -0.342 e. The molecule has 0 bridgehead atoms. The van der Waals surface area contributed by atoms with Crippen molar-refractivity contribution in [1.82, 2.24) is 24.6 Å². The summed E-state index contributed by atoms with van der Waals surface area (Å²) in [7, 11) is 2.11. The predicted octanol–water partition coefficient (Wildman–Crippen LogP) is 2.70. The number of carbonyl (C=O) groups excluding carboxylic acids is 1. The van der Waals surface area contributed by atoms with Gasteiger partial charge in [-0.05, 0) is 51.6 Å². The summed E-state index contributed by atoms with van der Waals surface area (Å²) >= 11 is 0. The first kappa shape index (κ1) is 18.0. The topological polar surface area (TPSA) is 54.3 Å². The van der Waals surface area contributed by atoms with Gasteiger partial charge in [-0.15, -0.1) is 10.2 Å². The van der Waals surface area contributed by atoms with Crippen molar-refractivity contribution in [3.8, 4) is 0 Å². The molecule has 1 saturated carbocycles. The minimum atomic E-state index is 0.294. The largest absolute Gasteiger partial charge is 0.342 e. The van der Waals surface area contributed by atoms with Crippen molar-refractivity contribution in [2.45, 2.75) is 70.3 Å². The number of hydrogen-bond acceptors (Lipinski definition) is 4. The Hall–Kier alpha value is -1.43. The van der Waals surface area contributed by atoms with E-state index in [1.54, 1.807) is 0 Å². The molecule has 26 heavy (non-hydrogen) atoms.